The summed E-state index contributed by atoms with van der Waals surface area (Å²) in [6.45, 7) is 0.0550. The predicted molar refractivity (Wildman–Crippen MR) is 55.1 cm³/mol. The molecule has 0 spiro atoms. The average molecular weight is 243 g/mol. The number of aromatic nitrogens is 3. The van der Waals surface area contributed by atoms with Crippen LogP contribution in [0.1, 0.15) is 10.5 Å². The minimum absolute atomic E-state index is 0.0295. The second kappa shape index (κ2) is 5.92. The molecular formula is C8H13N5O4. The van der Waals surface area contributed by atoms with Crippen molar-refractivity contribution in [3.8, 4) is 0 Å². The molecule has 1 atom stereocenters. The van der Waals surface area contributed by atoms with Crippen LogP contribution in [0, 0.1) is 0 Å². The number of nitrogens with zero attached hydrogens (tertiary/aromatic N) is 3. The van der Waals surface area contributed by atoms with Gasteiger partial charge in [0.15, 0.2) is 11.7 Å². The van der Waals surface area contributed by atoms with Gasteiger partial charge in [-0.3, -0.25) is 9.48 Å². The molecule has 0 radical (unpaired) electrons. The van der Waals surface area contributed by atoms with E-state index in [2.05, 4.69) is 15.6 Å². The first kappa shape index (κ1) is 13.1. The lowest BCUT2D eigenvalue weighted by Gasteiger charge is -2.09. The normalized spacial score (nSPS) is 12.1. The number of carboxylic acids is 1. The second-order valence-electron chi connectivity index (χ2n) is 3.20. The van der Waals surface area contributed by atoms with Gasteiger partial charge in [-0.15, -0.1) is 5.10 Å². The molecule has 94 valence electrons. The van der Waals surface area contributed by atoms with Gasteiger partial charge in [-0.2, -0.15) is 0 Å². The Labute approximate surface area is 96.2 Å². The Kier molecular flexibility index (Phi) is 4.55. The highest BCUT2D eigenvalue weighted by Gasteiger charge is 2.21. The van der Waals surface area contributed by atoms with Crippen molar-refractivity contribution in [2.24, 2.45) is 5.73 Å². The number of aliphatic hydroxyl groups excluding tert-OH is 1. The lowest BCUT2D eigenvalue weighted by Crippen LogP contribution is -2.43. The average Bonchev–Trinajstić information content (AvgIpc) is 2.74. The molecule has 1 rings (SSSR count). The quantitative estimate of drug-likeness (QED) is 0.429. The van der Waals surface area contributed by atoms with Crippen LogP contribution in [0.3, 0.4) is 0 Å². The molecule has 17 heavy (non-hydrogen) atoms. The fourth-order valence-electron chi connectivity index (χ4n) is 1.06. The summed E-state index contributed by atoms with van der Waals surface area (Å²) in [5.74, 6) is -2.04. The second-order valence-corrected chi connectivity index (χ2v) is 3.20. The summed E-state index contributed by atoms with van der Waals surface area (Å²) in [6.07, 6.45) is 1.35. The molecule has 0 aliphatic carbocycles. The van der Waals surface area contributed by atoms with Gasteiger partial charge in [-0.25, -0.2) is 4.79 Å². The number of nitrogens with two attached hydrogens (primary N) is 1. The van der Waals surface area contributed by atoms with Crippen LogP contribution in [0.2, 0.25) is 0 Å². The van der Waals surface area contributed by atoms with E-state index in [1.807, 2.05) is 0 Å². The molecule has 5 N–H and O–H groups in total. The van der Waals surface area contributed by atoms with Crippen LogP contribution in [0.4, 0.5) is 0 Å². The topological polar surface area (TPSA) is 143 Å². The zero-order valence-electron chi connectivity index (χ0n) is 8.91. The van der Waals surface area contributed by atoms with Gasteiger partial charge in [0.1, 0.15) is 0 Å². The number of hydrogen-bond acceptors (Lipinski definition) is 6. The van der Waals surface area contributed by atoms with E-state index >= 15 is 0 Å². The van der Waals surface area contributed by atoms with Crippen molar-refractivity contribution in [3.05, 3.63) is 11.9 Å². The van der Waals surface area contributed by atoms with Gasteiger partial charge in [0.25, 0.3) is 5.91 Å². The molecule has 1 amide bonds. The van der Waals surface area contributed by atoms with Gasteiger partial charge in [-0.05, 0) is 0 Å². The Morgan fingerprint density at radius 1 is 1.59 bits per heavy atom. The van der Waals surface area contributed by atoms with E-state index in [0.29, 0.717) is 13.1 Å². The predicted octanol–water partition coefficient (Wildman–Crippen LogP) is -2.59. The van der Waals surface area contributed by atoms with Crippen LogP contribution < -0.4 is 11.1 Å². The molecule has 1 aromatic heterocycles. The number of amides is 1. The van der Waals surface area contributed by atoms with Crippen molar-refractivity contribution in [1.82, 2.24) is 20.3 Å². The molecule has 1 aromatic rings. The number of aliphatic hydroxyl groups is 1. The Morgan fingerprint density at radius 2 is 2.29 bits per heavy atom. The van der Waals surface area contributed by atoms with E-state index in [1.54, 1.807) is 0 Å². The first-order valence-corrected chi connectivity index (χ1v) is 4.83. The summed E-state index contributed by atoms with van der Waals surface area (Å²) in [7, 11) is 0. The van der Waals surface area contributed by atoms with E-state index in [4.69, 9.17) is 15.9 Å². The van der Waals surface area contributed by atoms with Crippen LogP contribution in [0.25, 0.3) is 0 Å². The number of carbonyl (C=O) groups is 2. The smallest absolute Gasteiger partial charge is 0.328 e. The third-order valence-corrected chi connectivity index (χ3v) is 1.92. The van der Waals surface area contributed by atoms with Crippen molar-refractivity contribution in [1.29, 1.82) is 0 Å². The zero-order chi connectivity index (χ0) is 12.8. The molecule has 0 aliphatic heterocycles. The molecule has 0 unspecified atom stereocenters. The minimum Gasteiger partial charge on any atom is -0.480 e. The first-order chi connectivity index (χ1) is 8.08. The van der Waals surface area contributed by atoms with Crippen molar-refractivity contribution in [2.75, 3.05) is 13.2 Å². The van der Waals surface area contributed by atoms with E-state index in [1.165, 1.54) is 10.9 Å². The van der Waals surface area contributed by atoms with Gasteiger partial charge >= 0.3 is 5.97 Å². The maximum Gasteiger partial charge on any atom is 0.328 e. The standard InChI is InChI=1S/C8H13N5O4/c9-1-2-13-3-5(11-12-13)7(15)10-6(4-14)8(16)17/h3,6,14H,1-2,4,9H2,(H,10,15)(H,16,17)/t6-/m1/s1. The third kappa shape index (κ3) is 3.50. The number of hydrogen-bond donors (Lipinski definition) is 4. The largest absolute Gasteiger partial charge is 0.480 e. The SMILES string of the molecule is NCCn1cc(C(=O)N[C@H](CO)C(=O)O)nn1. The first-order valence-electron chi connectivity index (χ1n) is 4.83. The maximum absolute atomic E-state index is 11.5. The molecule has 0 aromatic carbocycles. The molecular weight excluding hydrogens is 230 g/mol. The summed E-state index contributed by atoms with van der Waals surface area (Å²) < 4.78 is 1.36. The van der Waals surface area contributed by atoms with Crippen LogP contribution in [-0.2, 0) is 11.3 Å². The van der Waals surface area contributed by atoms with Gasteiger partial charge in [0.05, 0.1) is 19.3 Å². The van der Waals surface area contributed by atoms with E-state index < -0.39 is 24.5 Å². The highest BCUT2D eigenvalue weighted by molar-refractivity contribution is 5.94. The summed E-state index contributed by atoms with van der Waals surface area (Å²) in [4.78, 5) is 22.1. The van der Waals surface area contributed by atoms with E-state index in [0.717, 1.165) is 0 Å². The summed E-state index contributed by atoms with van der Waals surface area (Å²) >= 11 is 0. The summed E-state index contributed by atoms with van der Waals surface area (Å²) in [5, 5.41) is 26.6. The summed E-state index contributed by atoms with van der Waals surface area (Å²) in [5.41, 5.74) is 5.26. The van der Waals surface area contributed by atoms with E-state index in [9.17, 15) is 9.59 Å². The molecule has 0 bridgehead atoms. The highest BCUT2D eigenvalue weighted by atomic mass is 16.4. The van der Waals surface area contributed by atoms with Crippen LogP contribution in [0.5, 0.6) is 0 Å². The Bertz CT molecular complexity index is 404. The molecule has 0 aliphatic rings. The van der Waals surface area contributed by atoms with Gasteiger partial charge in [0, 0.05) is 6.54 Å². The number of carboxylic acid groups (broad SMARTS) is 1. The molecule has 9 heteroatoms. The van der Waals surface area contributed by atoms with Gasteiger partial charge in [-0.1, -0.05) is 5.21 Å². The maximum atomic E-state index is 11.5. The van der Waals surface area contributed by atoms with Crippen molar-refractivity contribution in [3.63, 3.8) is 0 Å². The zero-order valence-corrected chi connectivity index (χ0v) is 8.91. The Morgan fingerprint density at radius 3 is 2.82 bits per heavy atom. The number of nitrogens with one attached hydrogen (secondary N) is 1. The third-order valence-electron chi connectivity index (χ3n) is 1.92. The lowest BCUT2D eigenvalue weighted by atomic mass is 10.3. The van der Waals surface area contributed by atoms with Crippen molar-refractivity contribution in [2.45, 2.75) is 12.6 Å². The number of aliphatic carboxylic acids is 1. The Balaban J connectivity index is 2.65. The minimum atomic E-state index is -1.36. The fraction of sp³-hybridized carbons (Fsp3) is 0.500. The van der Waals surface area contributed by atoms with Crippen LogP contribution in [0.15, 0.2) is 6.20 Å². The Hall–Kier alpha value is -2.00. The van der Waals surface area contributed by atoms with Gasteiger partial charge in [0.2, 0.25) is 0 Å². The molecule has 0 saturated carbocycles. The van der Waals surface area contributed by atoms with Crippen LogP contribution >= 0.6 is 0 Å². The van der Waals surface area contributed by atoms with Gasteiger partial charge < -0.3 is 21.3 Å². The van der Waals surface area contributed by atoms with Crippen molar-refractivity contribution >= 4 is 11.9 Å². The molecule has 1 heterocycles. The fourth-order valence-corrected chi connectivity index (χ4v) is 1.06. The highest BCUT2D eigenvalue weighted by Crippen LogP contribution is 1.94. The molecule has 0 fully saturated rings. The molecule has 9 nitrogen and oxygen atoms in total. The van der Waals surface area contributed by atoms with Crippen LogP contribution in [-0.4, -0.2) is 56.3 Å². The van der Waals surface area contributed by atoms with Crippen molar-refractivity contribution < 1.29 is 19.8 Å². The molecule has 0 saturated heterocycles. The summed E-state index contributed by atoms with van der Waals surface area (Å²) in [6, 6.07) is -1.36. The monoisotopic (exact) mass is 243 g/mol. The number of rotatable bonds is 6. The van der Waals surface area contributed by atoms with E-state index in [-0.39, 0.29) is 5.69 Å². The lowest BCUT2D eigenvalue weighted by molar-refractivity contribution is -0.140. The number of carbonyl (C=O) groups excluding carboxylic acids is 1.